The van der Waals surface area contributed by atoms with Crippen molar-refractivity contribution in [2.45, 2.75) is 10.9 Å². The van der Waals surface area contributed by atoms with Crippen molar-refractivity contribution in [3.05, 3.63) is 58.1 Å². The summed E-state index contributed by atoms with van der Waals surface area (Å²) in [6.07, 6.45) is 0. The second kappa shape index (κ2) is 7.21. The Morgan fingerprint density at radius 3 is 2.57 bits per heavy atom. The number of methoxy groups -OCH3 is 1. The van der Waals surface area contributed by atoms with Gasteiger partial charge in [0.05, 0.1) is 12.8 Å². The van der Waals surface area contributed by atoms with Gasteiger partial charge in [0.2, 0.25) is 5.16 Å². The van der Waals surface area contributed by atoms with Crippen LogP contribution >= 0.6 is 35.0 Å². The summed E-state index contributed by atoms with van der Waals surface area (Å²) >= 11 is 13.5. The molecule has 0 saturated heterocycles. The molecule has 0 aliphatic heterocycles. The molecular formula is C15H12Cl2N4OS. The van der Waals surface area contributed by atoms with Crippen LogP contribution in [0.1, 0.15) is 5.56 Å². The van der Waals surface area contributed by atoms with Gasteiger partial charge in [-0.15, -0.1) is 5.10 Å². The second-order valence-corrected chi connectivity index (χ2v) is 6.41. The molecule has 0 aliphatic rings. The molecule has 0 atom stereocenters. The van der Waals surface area contributed by atoms with E-state index in [9.17, 15) is 0 Å². The number of nitrogens with zero attached hydrogens (tertiary/aromatic N) is 4. The van der Waals surface area contributed by atoms with Crippen molar-refractivity contribution in [1.29, 1.82) is 0 Å². The monoisotopic (exact) mass is 366 g/mol. The lowest BCUT2D eigenvalue weighted by Crippen LogP contribution is -1.99. The molecule has 3 aromatic rings. The number of hydrogen-bond acceptors (Lipinski definition) is 5. The van der Waals surface area contributed by atoms with Crippen molar-refractivity contribution in [3.63, 3.8) is 0 Å². The summed E-state index contributed by atoms with van der Waals surface area (Å²) in [4.78, 5) is 0. The fourth-order valence-corrected chi connectivity index (χ4v) is 3.20. The summed E-state index contributed by atoms with van der Waals surface area (Å²) in [5, 5.41) is 13.8. The maximum Gasteiger partial charge on any atom is 0.214 e. The Balaban J connectivity index is 1.81. The predicted molar refractivity (Wildman–Crippen MR) is 91.7 cm³/mol. The third-order valence-corrected chi connectivity index (χ3v) is 4.57. The van der Waals surface area contributed by atoms with E-state index in [0.717, 1.165) is 17.0 Å². The summed E-state index contributed by atoms with van der Waals surface area (Å²) in [5.41, 5.74) is 1.83. The molecule has 0 aliphatic carbocycles. The molecule has 5 nitrogen and oxygen atoms in total. The van der Waals surface area contributed by atoms with Crippen molar-refractivity contribution in [2.75, 3.05) is 7.11 Å². The van der Waals surface area contributed by atoms with E-state index >= 15 is 0 Å². The molecule has 1 heterocycles. The average molecular weight is 367 g/mol. The van der Waals surface area contributed by atoms with E-state index in [4.69, 9.17) is 27.9 Å². The largest absolute Gasteiger partial charge is 0.496 e. The number of benzene rings is 2. The summed E-state index contributed by atoms with van der Waals surface area (Å²) in [7, 11) is 1.63. The topological polar surface area (TPSA) is 52.8 Å². The van der Waals surface area contributed by atoms with Crippen molar-refractivity contribution in [3.8, 4) is 11.4 Å². The van der Waals surface area contributed by atoms with Gasteiger partial charge in [0, 0.05) is 21.4 Å². The van der Waals surface area contributed by atoms with Gasteiger partial charge in [-0.1, -0.05) is 35.0 Å². The second-order valence-electron chi connectivity index (χ2n) is 4.59. The van der Waals surface area contributed by atoms with E-state index in [2.05, 4.69) is 15.5 Å². The summed E-state index contributed by atoms with van der Waals surface area (Å²) in [6.45, 7) is 0. The number of tetrazole rings is 1. The molecule has 0 fully saturated rings. The van der Waals surface area contributed by atoms with Crippen LogP contribution < -0.4 is 4.74 Å². The first kappa shape index (κ1) is 16.1. The molecule has 0 spiro atoms. The van der Waals surface area contributed by atoms with Gasteiger partial charge in [0.15, 0.2) is 0 Å². The molecule has 3 rings (SSSR count). The molecule has 23 heavy (non-hydrogen) atoms. The van der Waals surface area contributed by atoms with E-state index in [1.165, 1.54) is 11.8 Å². The van der Waals surface area contributed by atoms with Crippen LogP contribution in [0, 0.1) is 0 Å². The minimum Gasteiger partial charge on any atom is -0.496 e. The van der Waals surface area contributed by atoms with E-state index in [-0.39, 0.29) is 0 Å². The van der Waals surface area contributed by atoms with Gasteiger partial charge in [0.25, 0.3) is 0 Å². The van der Waals surface area contributed by atoms with Crippen LogP contribution in [0.25, 0.3) is 5.69 Å². The number of halogens is 2. The minimum atomic E-state index is 0.637. The molecule has 0 saturated carbocycles. The number of ether oxygens (including phenoxy) is 1. The van der Waals surface area contributed by atoms with Gasteiger partial charge in [-0.25, -0.2) is 0 Å². The first-order valence-corrected chi connectivity index (χ1v) is 8.41. The Morgan fingerprint density at radius 2 is 1.83 bits per heavy atom. The minimum absolute atomic E-state index is 0.637. The lowest BCUT2D eigenvalue weighted by atomic mass is 10.2. The highest BCUT2D eigenvalue weighted by Crippen LogP contribution is 2.29. The Morgan fingerprint density at radius 1 is 1.09 bits per heavy atom. The fourth-order valence-electron chi connectivity index (χ4n) is 2.02. The van der Waals surface area contributed by atoms with Gasteiger partial charge in [-0.3, -0.25) is 0 Å². The highest BCUT2D eigenvalue weighted by molar-refractivity contribution is 7.98. The quantitative estimate of drug-likeness (QED) is 0.631. The Kier molecular flexibility index (Phi) is 5.05. The molecule has 0 bridgehead atoms. The van der Waals surface area contributed by atoms with E-state index in [1.807, 2.05) is 24.3 Å². The van der Waals surface area contributed by atoms with Gasteiger partial charge in [-0.2, -0.15) is 4.68 Å². The molecule has 8 heteroatoms. The van der Waals surface area contributed by atoms with Crippen molar-refractivity contribution >= 4 is 35.0 Å². The van der Waals surface area contributed by atoms with Crippen LogP contribution in [0.2, 0.25) is 10.0 Å². The number of rotatable bonds is 5. The van der Waals surface area contributed by atoms with Crippen LogP contribution in [-0.2, 0) is 5.75 Å². The highest BCUT2D eigenvalue weighted by atomic mass is 35.5. The van der Waals surface area contributed by atoms with Crippen LogP contribution in [-0.4, -0.2) is 27.3 Å². The molecule has 118 valence electrons. The van der Waals surface area contributed by atoms with Gasteiger partial charge in [0.1, 0.15) is 5.75 Å². The van der Waals surface area contributed by atoms with Crippen molar-refractivity contribution in [2.24, 2.45) is 0 Å². The van der Waals surface area contributed by atoms with E-state index in [0.29, 0.717) is 21.0 Å². The summed E-state index contributed by atoms with van der Waals surface area (Å²) in [5.74, 6) is 1.42. The highest BCUT2D eigenvalue weighted by Gasteiger charge is 2.11. The van der Waals surface area contributed by atoms with Crippen LogP contribution in [0.4, 0.5) is 0 Å². The summed E-state index contributed by atoms with van der Waals surface area (Å²) < 4.78 is 7.02. The van der Waals surface area contributed by atoms with Crippen LogP contribution in [0.15, 0.2) is 47.6 Å². The lowest BCUT2D eigenvalue weighted by Gasteiger charge is -2.08. The third-order valence-electron chi connectivity index (χ3n) is 3.11. The van der Waals surface area contributed by atoms with Crippen molar-refractivity contribution in [1.82, 2.24) is 20.2 Å². The molecular weight excluding hydrogens is 355 g/mol. The van der Waals surface area contributed by atoms with Gasteiger partial charge < -0.3 is 4.74 Å². The normalized spacial score (nSPS) is 10.7. The van der Waals surface area contributed by atoms with E-state index in [1.54, 1.807) is 30.0 Å². The third kappa shape index (κ3) is 3.77. The first-order valence-electron chi connectivity index (χ1n) is 6.67. The molecule has 2 aromatic carbocycles. The maximum atomic E-state index is 6.05. The number of hydrogen-bond donors (Lipinski definition) is 0. The Labute approximate surface area is 147 Å². The summed E-state index contributed by atoms with van der Waals surface area (Å²) in [6, 6.07) is 12.8. The zero-order valence-electron chi connectivity index (χ0n) is 12.1. The van der Waals surface area contributed by atoms with Crippen LogP contribution in [0.3, 0.4) is 0 Å². The first-order chi connectivity index (χ1) is 11.2. The Hall–Kier alpha value is -1.76. The number of aromatic nitrogens is 4. The zero-order valence-corrected chi connectivity index (χ0v) is 14.4. The number of thioether (sulfide) groups is 1. The predicted octanol–water partition coefficient (Wildman–Crippen LogP) is 4.27. The standard InChI is InChI=1S/C15H12Cl2N4OS/c1-22-14-7-4-12(17)8-10(14)9-23-15-18-19-20-21(15)13-5-2-11(16)3-6-13/h2-8H,9H2,1H3. The smallest absolute Gasteiger partial charge is 0.214 e. The van der Waals surface area contributed by atoms with Gasteiger partial charge >= 0.3 is 0 Å². The lowest BCUT2D eigenvalue weighted by molar-refractivity contribution is 0.411. The van der Waals surface area contributed by atoms with Crippen LogP contribution in [0.5, 0.6) is 5.75 Å². The molecule has 0 N–H and O–H groups in total. The molecule has 0 radical (unpaired) electrons. The molecule has 1 aromatic heterocycles. The molecule has 0 unspecified atom stereocenters. The van der Waals surface area contributed by atoms with E-state index < -0.39 is 0 Å². The SMILES string of the molecule is COc1ccc(Cl)cc1CSc1nnnn1-c1ccc(Cl)cc1. The van der Waals surface area contributed by atoms with Gasteiger partial charge in [-0.05, 0) is 52.9 Å². The zero-order chi connectivity index (χ0) is 16.2. The fraction of sp³-hybridized carbons (Fsp3) is 0.133. The van der Waals surface area contributed by atoms with Crippen molar-refractivity contribution < 1.29 is 4.74 Å². The molecule has 0 amide bonds. The maximum absolute atomic E-state index is 6.05. The Bertz CT molecular complexity index is 807. The average Bonchev–Trinajstić information content (AvgIpc) is 3.02.